The molecule has 4 N–H and O–H groups in total. The van der Waals surface area contributed by atoms with Gasteiger partial charge in [0.1, 0.15) is 5.75 Å². The number of hydrogen-bond donors (Lipinski definition) is 3. The van der Waals surface area contributed by atoms with Gasteiger partial charge in [-0.3, -0.25) is 28.9 Å². The lowest BCUT2D eigenvalue weighted by atomic mass is 9.52. The number of benzene rings is 2. The van der Waals surface area contributed by atoms with Crippen molar-refractivity contribution in [1.82, 2.24) is 9.80 Å². The fraction of sp³-hybridized carbons (Fsp3) is 0.464. The first-order valence-corrected chi connectivity index (χ1v) is 12.6. The molecule has 1 amide bonds. The maximum atomic E-state index is 13.9. The van der Waals surface area contributed by atoms with E-state index in [-0.39, 0.29) is 24.2 Å². The summed E-state index contributed by atoms with van der Waals surface area (Å²) in [6, 6.07) is 6.33. The SMILES string of the molecule is CN(C)Cc1ccc2cc3c(c(O)c2c1)C(=O)C1C(=O)[C@]2(O)C(=O)C(C(N)=O)C(=O)[C@@H](N(C)C)[C@@H]2C[C@@H]1C3. The third kappa shape index (κ3) is 3.54. The van der Waals surface area contributed by atoms with Gasteiger partial charge >= 0.3 is 0 Å². The highest BCUT2D eigenvalue weighted by Crippen LogP contribution is 2.51. The number of amides is 1. The highest BCUT2D eigenvalue weighted by Gasteiger charge is 2.69. The summed E-state index contributed by atoms with van der Waals surface area (Å²) in [6.45, 7) is 0.618. The van der Waals surface area contributed by atoms with E-state index < -0.39 is 64.4 Å². The van der Waals surface area contributed by atoms with Crippen molar-refractivity contribution in [2.24, 2.45) is 29.4 Å². The quantitative estimate of drug-likeness (QED) is 0.474. The summed E-state index contributed by atoms with van der Waals surface area (Å²) in [5.74, 6) is -10.3. The Balaban J connectivity index is 1.63. The maximum absolute atomic E-state index is 13.9. The summed E-state index contributed by atoms with van der Waals surface area (Å²) < 4.78 is 0. The van der Waals surface area contributed by atoms with Crippen LogP contribution in [0, 0.1) is 23.7 Å². The third-order valence-corrected chi connectivity index (χ3v) is 8.43. The number of carbonyl (C=O) groups excluding carboxylic acids is 5. The summed E-state index contributed by atoms with van der Waals surface area (Å²) in [6.07, 6.45) is 0.277. The first-order chi connectivity index (χ1) is 17.8. The third-order valence-electron chi connectivity index (χ3n) is 8.43. The number of ketones is 4. The molecule has 0 aliphatic heterocycles. The summed E-state index contributed by atoms with van der Waals surface area (Å²) in [5.41, 5.74) is 4.13. The van der Waals surface area contributed by atoms with Gasteiger partial charge in [-0.15, -0.1) is 0 Å². The Morgan fingerprint density at radius 3 is 2.37 bits per heavy atom. The number of fused-ring (bicyclic) bond motifs is 4. The Bertz CT molecular complexity index is 1430. The molecule has 3 aliphatic rings. The van der Waals surface area contributed by atoms with Crippen molar-refractivity contribution in [2.75, 3.05) is 28.2 Å². The van der Waals surface area contributed by atoms with Crippen molar-refractivity contribution in [2.45, 2.75) is 31.0 Å². The van der Waals surface area contributed by atoms with E-state index in [4.69, 9.17) is 5.73 Å². The number of phenols is 1. The molecule has 38 heavy (non-hydrogen) atoms. The fourth-order valence-electron chi connectivity index (χ4n) is 6.88. The smallest absolute Gasteiger partial charge is 0.235 e. The number of aromatic hydroxyl groups is 1. The summed E-state index contributed by atoms with van der Waals surface area (Å²) in [4.78, 5) is 69.7. The molecule has 0 aromatic heterocycles. The molecular formula is C28H31N3O7. The van der Waals surface area contributed by atoms with Gasteiger partial charge in [0.05, 0.1) is 17.5 Å². The molecule has 2 fully saturated rings. The largest absolute Gasteiger partial charge is 0.507 e. The molecule has 10 nitrogen and oxygen atoms in total. The Morgan fingerprint density at radius 2 is 1.76 bits per heavy atom. The number of nitrogens with zero attached hydrogens (tertiary/aromatic N) is 2. The molecule has 0 bridgehead atoms. The van der Waals surface area contributed by atoms with Gasteiger partial charge in [-0.1, -0.05) is 18.2 Å². The second kappa shape index (κ2) is 8.79. The lowest BCUT2D eigenvalue weighted by Crippen LogP contribution is -2.74. The van der Waals surface area contributed by atoms with Crippen LogP contribution in [0.4, 0.5) is 0 Å². The van der Waals surface area contributed by atoms with Crippen LogP contribution in [-0.2, 0) is 32.1 Å². The van der Waals surface area contributed by atoms with E-state index in [0.29, 0.717) is 17.5 Å². The van der Waals surface area contributed by atoms with Gasteiger partial charge in [-0.25, -0.2) is 0 Å². The van der Waals surface area contributed by atoms with Crippen molar-refractivity contribution in [3.63, 3.8) is 0 Å². The molecule has 0 radical (unpaired) electrons. The van der Waals surface area contributed by atoms with E-state index in [2.05, 4.69) is 0 Å². The van der Waals surface area contributed by atoms with Gasteiger partial charge in [-0.05, 0) is 69.5 Å². The minimum absolute atomic E-state index is 0.00565. The first kappa shape index (κ1) is 26.1. The molecule has 0 saturated heterocycles. The van der Waals surface area contributed by atoms with E-state index in [0.717, 1.165) is 10.9 Å². The minimum atomic E-state index is -2.72. The zero-order chi connectivity index (χ0) is 27.8. The molecule has 3 aliphatic carbocycles. The van der Waals surface area contributed by atoms with Crippen LogP contribution in [0.2, 0.25) is 0 Å². The molecule has 5 rings (SSSR count). The molecule has 0 heterocycles. The van der Waals surface area contributed by atoms with E-state index >= 15 is 0 Å². The highest BCUT2D eigenvalue weighted by molar-refractivity contribution is 6.32. The predicted octanol–water partition coefficient (Wildman–Crippen LogP) is 0.0818. The lowest BCUT2D eigenvalue weighted by Gasteiger charge is -2.52. The van der Waals surface area contributed by atoms with Crippen molar-refractivity contribution in [3.8, 4) is 5.75 Å². The second-order valence-electron chi connectivity index (χ2n) is 11.3. The van der Waals surface area contributed by atoms with E-state index in [1.807, 2.05) is 37.2 Å². The number of rotatable bonds is 4. The van der Waals surface area contributed by atoms with Crippen molar-refractivity contribution in [1.29, 1.82) is 0 Å². The molecule has 10 heteroatoms. The zero-order valence-electron chi connectivity index (χ0n) is 21.7. The van der Waals surface area contributed by atoms with Crippen molar-refractivity contribution in [3.05, 3.63) is 41.0 Å². The topological polar surface area (TPSA) is 158 Å². The fourth-order valence-corrected chi connectivity index (χ4v) is 6.88. The van der Waals surface area contributed by atoms with E-state index in [1.165, 1.54) is 4.90 Å². The maximum Gasteiger partial charge on any atom is 0.235 e. The van der Waals surface area contributed by atoms with E-state index in [1.54, 1.807) is 20.2 Å². The number of nitrogens with two attached hydrogens (primary N) is 1. The Hall–Kier alpha value is -3.47. The van der Waals surface area contributed by atoms with Gasteiger partial charge in [0, 0.05) is 17.8 Å². The minimum Gasteiger partial charge on any atom is -0.507 e. The summed E-state index contributed by atoms with van der Waals surface area (Å²) >= 11 is 0. The first-order valence-electron chi connectivity index (χ1n) is 12.6. The number of hydrogen-bond acceptors (Lipinski definition) is 9. The molecule has 2 saturated carbocycles. The number of Topliss-reactive ketones (excluding diaryl/α,β-unsaturated/α-hetero) is 4. The highest BCUT2D eigenvalue weighted by atomic mass is 16.3. The van der Waals surface area contributed by atoms with E-state index in [9.17, 15) is 34.2 Å². The van der Waals surface area contributed by atoms with Crippen LogP contribution in [0.5, 0.6) is 5.75 Å². The van der Waals surface area contributed by atoms with Crippen LogP contribution in [0.15, 0.2) is 24.3 Å². The number of phenolic OH excluding ortho intramolecular Hbond substituents is 1. The van der Waals surface area contributed by atoms with Crippen LogP contribution in [0.3, 0.4) is 0 Å². The van der Waals surface area contributed by atoms with Crippen LogP contribution < -0.4 is 5.73 Å². The molecule has 2 aromatic rings. The molecule has 6 atom stereocenters. The number of primary amides is 1. The second-order valence-corrected chi connectivity index (χ2v) is 11.3. The van der Waals surface area contributed by atoms with Crippen molar-refractivity contribution >= 4 is 39.8 Å². The molecule has 0 spiro atoms. The standard InChI is InChI=1S/C28H31N3O7/c1-30(2)11-12-5-6-13-8-14-9-15-10-17-21(31(3)4)24(34)20(27(29)37)26(36)28(17,38)25(35)19(15)23(33)18(14)22(32)16(13)7-12/h5-8,15,17,19-21,32,38H,9-11H2,1-4H3,(H2,29,37)/t15-,17-,19?,20?,21-,28-/m0/s1. The van der Waals surface area contributed by atoms with Crippen LogP contribution in [-0.4, -0.2) is 88.9 Å². The van der Waals surface area contributed by atoms with Crippen LogP contribution in [0.25, 0.3) is 10.8 Å². The Kier molecular flexibility index (Phi) is 6.05. The van der Waals surface area contributed by atoms with Gasteiger partial charge in [0.15, 0.2) is 34.7 Å². The van der Waals surface area contributed by atoms with Gasteiger partial charge in [0.25, 0.3) is 0 Å². The van der Waals surface area contributed by atoms with Gasteiger partial charge in [-0.2, -0.15) is 0 Å². The monoisotopic (exact) mass is 521 g/mol. The van der Waals surface area contributed by atoms with Crippen molar-refractivity contribution < 1.29 is 34.2 Å². The molecule has 2 unspecified atom stereocenters. The normalized spacial score (nSPS) is 31.0. The molecular weight excluding hydrogens is 490 g/mol. The number of carbonyl (C=O) groups is 5. The molecule has 200 valence electrons. The van der Waals surface area contributed by atoms with Gasteiger partial charge < -0.3 is 20.8 Å². The Labute approximate surface area is 219 Å². The summed E-state index contributed by atoms with van der Waals surface area (Å²) in [5, 5.41) is 24.1. The summed E-state index contributed by atoms with van der Waals surface area (Å²) in [7, 11) is 6.95. The lowest BCUT2D eigenvalue weighted by molar-refractivity contribution is -0.181. The molecule has 2 aromatic carbocycles. The average molecular weight is 522 g/mol. The Morgan fingerprint density at radius 1 is 1.08 bits per heavy atom. The zero-order valence-corrected chi connectivity index (χ0v) is 21.7. The average Bonchev–Trinajstić information content (AvgIpc) is 2.81. The van der Waals surface area contributed by atoms with Crippen LogP contribution >= 0.6 is 0 Å². The van der Waals surface area contributed by atoms with Crippen LogP contribution in [0.1, 0.15) is 27.9 Å². The number of likely N-dealkylation sites (N-methyl/N-ethyl adjacent to an activating group) is 1. The predicted molar refractivity (Wildman–Crippen MR) is 136 cm³/mol. The van der Waals surface area contributed by atoms with Gasteiger partial charge in [0.2, 0.25) is 5.91 Å². The number of aliphatic hydroxyl groups is 1.